The van der Waals surface area contributed by atoms with Crippen LogP contribution in [-0.4, -0.2) is 16.0 Å². The molecule has 3 nitrogen and oxygen atoms in total. The van der Waals surface area contributed by atoms with E-state index in [9.17, 15) is 0 Å². The molecule has 0 atom stereocenters. The lowest BCUT2D eigenvalue weighted by Gasteiger charge is -2.11. The van der Waals surface area contributed by atoms with Gasteiger partial charge in [-0.3, -0.25) is 0 Å². The highest BCUT2D eigenvalue weighted by Gasteiger charge is 2.21. The van der Waals surface area contributed by atoms with Gasteiger partial charge in [0.05, 0.1) is 5.02 Å². The highest BCUT2D eigenvalue weighted by atomic mass is 35.5. The van der Waals surface area contributed by atoms with Crippen LogP contribution in [0.3, 0.4) is 0 Å². The van der Waals surface area contributed by atoms with Gasteiger partial charge in [-0.25, -0.2) is 9.97 Å². The molecule has 98 valence electrons. The lowest BCUT2D eigenvalue weighted by molar-refractivity contribution is 0.680. The Bertz CT molecular complexity index is 558. The second-order valence-corrected chi connectivity index (χ2v) is 5.97. The van der Waals surface area contributed by atoms with E-state index in [1.165, 1.54) is 18.4 Å². The van der Waals surface area contributed by atoms with E-state index in [1.807, 2.05) is 18.2 Å². The fraction of sp³-hybridized carbons (Fsp3) is 0.286. The van der Waals surface area contributed by atoms with Crippen LogP contribution in [0.25, 0.3) is 0 Å². The third-order valence-corrected chi connectivity index (χ3v) is 4.53. The van der Waals surface area contributed by atoms with E-state index in [-0.39, 0.29) is 0 Å². The number of nitrogens with one attached hydrogen (secondary N) is 1. The van der Waals surface area contributed by atoms with Crippen LogP contribution in [0.15, 0.2) is 46.7 Å². The Morgan fingerprint density at radius 2 is 2.21 bits per heavy atom. The molecule has 0 unspecified atom stereocenters. The molecule has 0 saturated heterocycles. The molecule has 1 N–H and O–H groups in total. The lowest BCUT2D eigenvalue weighted by atomic mass is 10.2. The lowest BCUT2D eigenvalue weighted by Crippen LogP contribution is -2.15. The number of aromatic nitrogens is 2. The summed E-state index contributed by atoms with van der Waals surface area (Å²) in [4.78, 5) is 9.25. The number of nitrogens with zero attached hydrogens (tertiary/aromatic N) is 2. The minimum absolute atomic E-state index is 0.691. The van der Waals surface area contributed by atoms with Gasteiger partial charge in [-0.1, -0.05) is 35.5 Å². The van der Waals surface area contributed by atoms with E-state index in [4.69, 9.17) is 11.6 Å². The van der Waals surface area contributed by atoms with Gasteiger partial charge in [-0.05, 0) is 30.5 Å². The number of benzene rings is 1. The highest BCUT2D eigenvalue weighted by molar-refractivity contribution is 7.99. The second kappa shape index (κ2) is 5.90. The van der Waals surface area contributed by atoms with Crippen molar-refractivity contribution in [1.82, 2.24) is 15.3 Å². The predicted molar refractivity (Wildman–Crippen MR) is 77.5 cm³/mol. The molecule has 0 bridgehead atoms. The molecular formula is C14H14ClN3S. The Labute approximate surface area is 121 Å². The molecule has 3 rings (SSSR count). The van der Waals surface area contributed by atoms with Crippen LogP contribution in [0.4, 0.5) is 0 Å². The number of hydrogen-bond donors (Lipinski definition) is 1. The SMILES string of the molecule is Clc1cccc(CNC2CC2)c1Sc1ccncn1. The maximum absolute atomic E-state index is 6.32. The Kier molecular flexibility index (Phi) is 4.01. The van der Waals surface area contributed by atoms with Gasteiger partial charge in [0.15, 0.2) is 0 Å². The molecule has 1 aliphatic carbocycles. The predicted octanol–water partition coefficient (Wildman–Crippen LogP) is 3.53. The van der Waals surface area contributed by atoms with Crippen LogP contribution >= 0.6 is 23.4 Å². The van der Waals surface area contributed by atoms with Crippen molar-refractivity contribution in [3.05, 3.63) is 47.4 Å². The number of rotatable bonds is 5. The average Bonchev–Trinajstić information content (AvgIpc) is 3.25. The van der Waals surface area contributed by atoms with E-state index in [0.717, 1.165) is 21.5 Å². The molecule has 1 fully saturated rings. The van der Waals surface area contributed by atoms with Gasteiger partial charge in [-0.15, -0.1) is 0 Å². The van der Waals surface area contributed by atoms with E-state index >= 15 is 0 Å². The molecule has 0 spiro atoms. The molecule has 0 aliphatic heterocycles. The van der Waals surface area contributed by atoms with Crippen LogP contribution in [0, 0.1) is 0 Å². The number of halogens is 1. The average molecular weight is 292 g/mol. The molecule has 2 aromatic rings. The first kappa shape index (κ1) is 12.9. The summed E-state index contributed by atoms with van der Waals surface area (Å²) < 4.78 is 0. The Morgan fingerprint density at radius 3 is 2.95 bits per heavy atom. The Morgan fingerprint density at radius 1 is 1.32 bits per heavy atom. The summed E-state index contributed by atoms with van der Waals surface area (Å²) in [6, 6.07) is 8.62. The summed E-state index contributed by atoms with van der Waals surface area (Å²) in [6.45, 7) is 0.860. The van der Waals surface area contributed by atoms with Crippen LogP contribution in [-0.2, 0) is 6.54 Å². The zero-order valence-corrected chi connectivity index (χ0v) is 11.9. The van der Waals surface area contributed by atoms with Crippen LogP contribution < -0.4 is 5.32 Å². The Balaban J connectivity index is 1.81. The highest BCUT2D eigenvalue weighted by Crippen LogP contribution is 2.35. The van der Waals surface area contributed by atoms with Crippen molar-refractivity contribution in [2.75, 3.05) is 0 Å². The molecule has 1 aliphatic rings. The van der Waals surface area contributed by atoms with Crippen molar-refractivity contribution in [2.24, 2.45) is 0 Å². The van der Waals surface area contributed by atoms with Crippen LogP contribution in [0.2, 0.25) is 5.02 Å². The van der Waals surface area contributed by atoms with Crippen molar-refractivity contribution in [1.29, 1.82) is 0 Å². The summed E-state index contributed by atoms with van der Waals surface area (Å²) in [6.07, 6.45) is 5.87. The fourth-order valence-electron chi connectivity index (χ4n) is 1.79. The summed E-state index contributed by atoms with van der Waals surface area (Å²) >= 11 is 7.91. The smallest absolute Gasteiger partial charge is 0.116 e. The van der Waals surface area contributed by atoms with Gasteiger partial charge in [0, 0.05) is 23.7 Å². The first-order valence-electron chi connectivity index (χ1n) is 6.27. The molecular weight excluding hydrogens is 278 g/mol. The van der Waals surface area contributed by atoms with Crippen molar-refractivity contribution >= 4 is 23.4 Å². The third-order valence-electron chi connectivity index (χ3n) is 2.97. The van der Waals surface area contributed by atoms with Gasteiger partial charge in [0.2, 0.25) is 0 Å². The molecule has 5 heteroatoms. The van der Waals surface area contributed by atoms with Gasteiger partial charge < -0.3 is 5.32 Å². The Hall–Kier alpha value is -1.10. The van der Waals surface area contributed by atoms with Gasteiger partial charge in [0.25, 0.3) is 0 Å². The van der Waals surface area contributed by atoms with Gasteiger partial charge >= 0.3 is 0 Å². The molecule has 0 radical (unpaired) electrons. The molecule has 1 aromatic carbocycles. The topological polar surface area (TPSA) is 37.8 Å². The van der Waals surface area contributed by atoms with E-state index in [0.29, 0.717) is 6.04 Å². The van der Waals surface area contributed by atoms with Gasteiger partial charge in [0.1, 0.15) is 11.4 Å². The molecule has 1 saturated carbocycles. The first-order valence-corrected chi connectivity index (χ1v) is 7.47. The summed E-state index contributed by atoms with van der Waals surface area (Å²) in [7, 11) is 0. The maximum atomic E-state index is 6.32. The van der Waals surface area contributed by atoms with E-state index in [2.05, 4.69) is 21.4 Å². The van der Waals surface area contributed by atoms with Crippen LogP contribution in [0.1, 0.15) is 18.4 Å². The standard InChI is InChI=1S/C14H14ClN3S/c15-12-3-1-2-10(8-17-11-4-5-11)14(12)19-13-6-7-16-9-18-13/h1-3,6-7,9,11,17H,4-5,8H2. The minimum Gasteiger partial charge on any atom is -0.310 e. The van der Waals surface area contributed by atoms with Crippen molar-refractivity contribution < 1.29 is 0 Å². The van der Waals surface area contributed by atoms with Crippen LogP contribution in [0.5, 0.6) is 0 Å². The normalized spacial score (nSPS) is 14.6. The zero-order chi connectivity index (χ0) is 13.1. The monoisotopic (exact) mass is 291 g/mol. The van der Waals surface area contributed by atoms with Crippen molar-refractivity contribution in [3.8, 4) is 0 Å². The third kappa shape index (κ3) is 3.47. The molecule has 19 heavy (non-hydrogen) atoms. The number of hydrogen-bond acceptors (Lipinski definition) is 4. The quantitative estimate of drug-likeness (QED) is 0.855. The first-order chi connectivity index (χ1) is 9.33. The molecule has 1 aromatic heterocycles. The largest absolute Gasteiger partial charge is 0.310 e. The second-order valence-electron chi connectivity index (χ2n) is 4.53. The van der Waals surface area contributed by atoms with Crippen molar-refractivity contribution in [3.63, 3.8) is 0 Å². The summed E-state index contributed by atoms with van der Waals surface area (Å²) in [5, 5.41) is 5.21. The van der Waals surface area contributed by atoms with Gasteiger partial charge in [-0.2, -0.15) is 0 Å². The zero-order valence-electron chi connectivity index (χ0n) is 10.3. The maximum Gasteiger partial charge on any atom is 0.116 e. The minimum atomic E-state index is 0.691. The fourth-order valence-corrected chi connectivity index (χ4v) is 2.98. The van der Waals surface area contributed by atoms with Crippen molar-refractivity contribution in [2.45, 2.75) is 35.3 Å². The summed E-state index contributed by atoms with van der Waals surface area (Å²) in [5.41, 5.74) is 1.23. The molecule has 1 heterocycles. The van der Waals surface area contributed by atoms with E-state index < -0.39 is 0 Å². The van der Waals surface area contributed by atoms with E-state index in [1.54, 1.807) is 24.3 Å². The summed E-state index contributed by atoms with van der Waals surface area (Å²) in [5.74, 6) is 0. The molecule has 0 amide bonds.